The van der Waals surface area contributed by atoms with Crippen molar-refractivity contribution in [1.82, 2.24) is 10.2 Å². The summed E-state index contributed by atoms with van der Waals surface area (Å²) in [5.41, 5.74) is 0.673. The number of ketones is 1. The quantitative estimate of drug-likeness (QED) is 0.745. The van der Waals surface area contributed by atoms with Gasteiger partial charge in [0.25, 0.3) is 0 Å². The molecule has 4 heteroatoms. The standard InChI is InChI=1S/C11H16N2O2/c14-11(10-2-7-15-9-10)8-13-5-1-3-12-4-6-13/h2,7,9,12H,1,3-6,8H2. The first-order valence-electron chi connectivity index (χ1n) is 5.35. The number of carbonyl (C=O) groups excluding carboxylic acids is 1. The molecule has 0 radical (unpaired) electrons. The molecule has 82 valence electrons. The Hall–Kier alpha value is -1.13. The minimum Gasteiger partial charge on any atom is -0.472 e. The van der Waals surface area contributed by atoms with Gasteiger partial charge < -0.3 is 9.73 Å². The Labute approximate surface area is 89.2 Å². The maximum absolute atomic E-state index is 11.8. The van der Waals surface area contributed by atoms with Crippen LogP contribution in [0.15, 0.2) is 23.0 Å². The first-order chi connectivity index (χ1) is 7.36. The fraction of sp³-hybridized carbons (Fsp3) is 0.545. The zero-order valence-corrected chi connectivity index (χ0v) is 8.74. The molecule has 2 rings (SSSR count). The Balaban J connectivity index is 1.87. The molecule has 0 atom stereocenters. The number of Topliss-reactive ketones (excluding diaryl/α,β-unsaturated/α-hetero) is 1. The van der Waals surface area contributed by atoms with E-state index in [1.54, 1.807) is 6.07 Å². The van der Waals surface area contributed by atoms with Gasteiger partial charge >= 0.3 is 0 Å². The Kier molecular flexibility index (Phi) is 3.53. The van der Waals surface area contributed by atoms with E-state index < -0.39 is 0 Å². The molecule has 1 aliphatic heterocycles. The molecule has 1 saturated heterocycles. The number of carbonyl (C=O) groups is 1. The number of hydrogen-bond donors (Lipinski definition) is 1. The Bertz CT molecular complexity index is 300. The Morgan fingerprint density at radius 3 is 3.20 bits per heavy atom. The number of nitrogens with zero attached hydrogens (tertiary/aromatic N) is 1. The molecule has 0 unspecified atom stereocenters. The molecule has 0 spiro atoms. The van der Waals surface area contributed by atoms with Crippen molar-refractivity contribution in [1.29, 1.82) is 0 Å². The van der Waals surface area contributed by atoms with E-state index >= 15 is 0 Å². The third kappa shape index (κ3) is 2.91. The third-order valence-corrected chi connectivity index (χ3v) is 2.64. The second kappa shape index (κ2) is 5.09. The van der Waals surface area contributed by atoms with Crippen molar-refractivity contribution in [2.75, 3.05) is 32.7 Å². The summed E-state index contributed by atoms with van der Waals surface area (Å²) in [6.07, 6.45) is 4.16. The smallest absolute Gasteiger partial charge is 0.180 e. The highest BCUT2D eigenvalue weighted by Crippen LogP contribution is 2.04. The maximum Gasteiger partial charge on any atom is 0.180 e. The minimum atomic E-state index is 0.144. The van der Waals surface area contributed by atoms with Crippen molar-refractivity contribution >= 4 is 5.78 Å². The summed E-state index contributed by atoms with van der Waals surface area (Å²) in [4.78, 5) is 14.0. The predicted octanol–water partition coefficient (Wildman–Crippen LogP) is 0.758. The van der Waals surface area contributed by atoms with Crippen LogP contribution < -0.4 is 5.32 Å². The summed E-state index contributed by atoms with van der Waals surface area (Å²) in [5, 5.41) is 3.31. The molecule has 0 bridgehead atoms. The predicted molar refractivity (Wildman–Crippen MR) is 57.0 cm³/mol. The molecule has 0 aromatic carbocycles. The first kappa shape index (κ1) is 10.4. The van der Waals surface area contributed by atoms with E-state index in [9.17, 15) is 4.79 Å². The molecule has 15 heavy (non-hydrogen) atoms. The maximum atomic E-state index is 11.8. The molecule has 0 aliphatic carbocycles. The van der Waals surface area contributed by atoms with Crippen LogP contribution in [0, 0.1) is 0 Å². The van der Waals surface area contributed by atoms with Crippen LogP contribution in [0.1, 0.15) is 16.8 Å². The fourth-order valence-electron chi connectivity index (χ4n) is 1.78. The normalized spacial score (nSPS) is 18.7. The molecule has 2 heterocycles. The number of hydrogen-bond acceptors (Lipinski definition) is 4. The monoisotopic (exact) mass is 208 g/mol. The van der Waals surface area contributed by atoms with E-state index in [4.69, 9.17) is 4.42 Å². The summed E-state index contributed by atoms with van der Waals surface area (Å²) < 4.78 is 4.90. The van der Waals surface area contributed by atoms with Gasteiger partial charge in [-0.3, -0.25) is 9.69 Å². The summed E-state index contributed by atoms with van der Waals surface area (Å²) >= 11 is 0. The van der Waals surface area contributed by atoms with Crippen LogP contribution in [0.4, 0.5) is 0 Å². The molecule has 0 amide bonds. The summed E-state index contributed by atoms with van der Waals surface area (Å²) in [7, 11) is 0. The molecule has 1 fully saturated rings. The van der Waals surface area contributed by atoms with E-state index in [-0.39, 0.29) is 5.78 Å². The van der Waals surface area contributed by atoms with Gasteiger partial charge in [0.2, 0.25) is 0 Å². The lowest BCUT2D eigenvalue weighted by atomic mass is 10.2. The van der Waals surface area contributed by atoms with Crippen LogP contribution in [-0.4, -0.2) is 43.4 Å². The Morgan fingerprint density at radius 1 is 1.47 bits per heavy atom. The lowest BCUT2D eigenvalue weighted by Crippen LogP contribution is -2.32. The third-order valence-electron chi connectivity index (χ3n) is 2.64. The zero-order valence-electron chi connectivity index (χ0n) is 8.74. The Morgan fingerprint density at radius 2 is 2.40 bits per heavy atom. The number of rotatable bonds is 3. The molecule has 1 aromatic rings. The molecular weight excluding hydrogens is 192 g/mol. The molecule has 1 aromatic heterocycles. The van der Waals surface area contributed by atoms with Gasteiger partial charge in [-0.2, -0.15) is 0 Å². The van der Waals surface area contributed by atoms with Crippen molar-refractivity contribution in [2.24, 2.45) is 0 Å². The van der Waals surface area contributed by atoms with Gasteiger partial charge in [0, 0.05) is 13.1 Å². The van der Waals surface area contributed by atoms with E-state index in [1.165, 1.54) is 12.5 Å². The second-order valence-corrected chi connectivity index (χ2v) is 3.81. The average molecular weight is 208 g/mol. The van der Waals surface area contributed by atoms with Crippen LogP contribution in [0.3, 0.4) is 0 Å². The van der Waals surface area contributed by atoms with Gasteiger partial charge in [-0.1, -0.05) is 0 Å². The van der Waals surface area contributed by atoms with Crippen molar-refractivity contribution in [3.8, 4) is 0 Å². The van der Waals surface area contributed by atoms with Gasteiger partial charge in [0.15, 0.2) is 5.78 Å². The van der Waals surface area contributed by atoms with E-state index in [1.807, 2.05) is 0 Å². The second-order valence-electron chi connectivity index (χ2n) is 3.81. The van der Waals surface area contributed by atoms with Crippen LogP contribution in [-0.2, 0) is 0 Å². The van der Waals surface area contributed by atoms with Crippen LogP contribution in [0.25, 0.3) is 0 Å². The van der Waals surface area contributed by atoms with Gasteiger partial charge in [-0.15, -0.1) is 0 Å². The van der Waals surface area contributed by atoms with Gasteiger partial charge in [0.05, 0.1) is 18.4 Å². The molecule has 4 nitrogen and oxygen atoms in total. The SMILES string of the molecule is O=C(CN1CCCNCC1)c1ccoc1. The lowest BCUT2D eigenvalue weighted by Gasteiger charge is -2.17. The topological polar surface area (TPSA) is 45.5 Å². The van der Waals surface area contributed by atoms with Gasteiger partial charge in [-0.25, -0.2) is 0 Å². The highest BCUT2D eigenvalue weighted by Gasteiger charge is 2.14. The minimum absolute atomic E-state index is 0.144. The van der Waals surface area contributed by atoms with Crippen molar-refractivity contribution in [2.45, 2.75) is 6.42 Å². The fourth-order valence-corrected chi connectivity index (χ4v) is 1.78. The molecular formula is C11H16N2O2. The van der Waals surface area contributed by atoms with Gasteiger partial charge in [0.1, 0.15) is 6.26 Å². The summed E-state index contributed by atoms with van der Waals surface area (Å²) in [5.74, 6) is 0.144. The molecule has 0 saturated carbocycles. The van der Waals surface area contributed by atoms with Crippen LogP contribution >= 0.6 is 0 Å². The highest BCUT2D eigenvalue weighted by molar-refractivity contribution is 5.97. The van der Waals surface area contributed by atoms with E-state index in [0.29, 0.717) is 12.1 Å². The first-order valence-corrected chi connectivity index (χ1v) is 5.35. The zero-order chi connectivity index (χ0) is 10.5. The summed E-state index contributed by atoms with van der Waals surface area (Å²) in [6, 6.07) is 1.72. The van der Waals surface area contributed by atoms with Crippen molar-refractivity contribution in [3.63, 3.8) is 0 Å². The average Bonchev–Trinajstić information content (AvgIpc) is 2.65. The van der Waals surface area contributed by atoms with E-state index in [2.05, 4.69) is 10.2 Å². The van der Waals surface area contributed by atoms with E-state index in [0.717, 1.165) is 32.6 Å². The largest absolute Gasteiger partial charge is 0.472 e. The van der Waals surface area contributed by atoms with Crippen LogP contribution in [0.2, 0.25) is 0 Å². The van der Waals surface area contributed by atoms with Crippen molar-refractivity contribution < 1.29 is 9.21 Å². The van der Waals surface area contributed by atoms with Gasteiger partial charge in [-0.05, 0) is 25.6 Å². The lowest BCUT2D eigenvalue weighted by molar-refractivity contribution is 0.0934. The summed E-state index contributed by atoms with van der Waals surface area (Å²) in [6.45, 7) is 4.47. The molecule has 1 N–H and O–H groups in total. The molecule has 1 aliphatic rings. The number of nitrogens with one attached hydrogen (secondary N) is 1. The van der Waals surface area contributed by atoms with Crippen LogP contribution in [0.5, 0.6) is 0 Å². The van der Waals surface area contributed by atoms with Crippen molar-refractivity contribution in [3.05, 3.63) is 24.2 Å². The number of furan rings is 1. The highest BCUT2D eigenvalue weighted by atomic mass is 16.3.